The number of nitriles is 1. The van der Waals surface area contributed by atoms with Gasteiger partial charge in [0.15, 0.2) is 11.3 Å². The molecular weight excluding hydrogens is 204 g/mol. The van der Waals surface area contributed by atoms with E-state index in [9.17, 15) is 4.79 Å². The van der Waals surface area contributed by atoms with Gasteiger partial charge in [-0.15, -0.1) is 0 Å². The van der Waals surface area contributed by atoms with Crippen LogP contribution in [-0.2, 0) is 0 Å². The molecule has 78 valence electrons. The monoisotopic (exact) mass is 212 g/mol. The Labute approximate surface area is 91.3 Å². The lowest BCUT2D eigenvalue weighted by atomic mass is 10.3. The van der Waals surface area contributed by atoms with E-state index in [0.717, 1.165) is 12.8 Å². The smallest absolute Gasteiger partial charge is 0.251 e. The Morgan fingerprint density at radius 2 is 2.38 bits per heavy atom. The molecule has 0 unspecified atom stereocenters. The van der Waals surface area contributed by atoms with Crippen LogP contribution in [-0.4, -0.2) is 20.7 Å². The minimum Gasteiger partial charge on any atom is -0.272 e. The lowest BCUT2D eigenvalue weighted by Gasteiger charge is -1.97. The van der Waals surface area contributed by atoms with Crippen molar-refractivity contribution in [1.82, 2.24) is 14.8 Å². The first-order valence-electron chi connectivity index (χ1n) is 5.09. The van der Waals surface area contributed by atoms with Gasteiger partial charge in [-0.3, -0.25) is 4.79 Å². The van der Waals surface area contributed by atoms with Crippen molar-refractivity contribution >= 4 is 16.9 Å². The molecule has 0 saturated heterocycles. The van der Waals surface area contributed by atoms with Crippen LogP contribution in [0.4, 0.5) is 0 Å². The van der Waals surface area contributed by atoms with Crippen molar-refractivity contribution in [2.24, 2.45) is 5.92 Å². The summed E-state index contributed by atoms with van der Waals surface area (Å²) < 4.78 is 1.27. The summed E-state index contributed by atoms with van der Waals surface area (Å²) in [6.45, 7) is 0. The van der Waals surface area contributed by atoms with Gasteiger partial charge in [0.1, 0.15) is 6.07 Å². The number of aromatic nitrogens is 3. The van der Waals surface area contributed by atoms with Gasteiger partial charge in [0.25, 0.3) is 5.91 Å². The molecule has 1 aliphatic carbocycles. The summed E-state index contributed by atoms with van der Waals surface area (Å²) in [5.74, 6) is 0.0156. The number of rotatable bonds is 1. The second-order valence-electron chi connectivity index (χ2n) is 3.86. The van der Waals surface area contributed by atoms with Gasteiger partial charge in [0, 0.05) is 12.1 Å². The Morgan fingerprint density at radius 1 is 1.56 bits per heavy atom. The summed E-state index contributed by atoms with van der Waals surface area (Å²) in [4.78, 5) is 16.0. The Kier molecular flexibility index (Phi) is 1.77. The molecule has 2 aromatic rings. The van der Waals surface area contributed by atoms with Crippen LogP contribution in [0.15, 0.2) is 18.3 Å². The van der Waals surface area contributed by atoms with E-state index in [4.69, 9.17) is 5.26 Å². The summed E-state index contributed by atoms with van der Waals surface area (Å²) >= 11 is 0. The first-order chi connectivity index (χ1) is 7.81. The summed E-state index contributed by atoms with van der Waals surface area (Å²) in [5, 5.41) is 13.6. The van der Waals surface area contributed by atoms with Gasteiger partial charge in [-0.1, -0.05) is 0 Å². The van der Waals surface area contributed by atoms with Crippen LogP contribution in [0.1, 0.15) is 23.3 Å². The molecule has 0 N–H and O–H groups in total. The van der Waals surface area contributed by atoms with Crippen molar-refractivity contribution in [3.8, 4) is 6.07 Å². The van der Waals surface area contributed by atoms with E-state index in [-0.39, 0.29) is 17.5 Å². The number of fused-ring (bicyclic) bond motifs is 1. The summed E-state index contributed by atoms with van der Waals surface area (Å²) in [6.07, 6.45) is 3.42. The zero-order chi connectivity index (χ0) is 11.1. The molecule has 1 saturated carbocycles. The molecule has 2 aromatic heterocycles. The first kappa shape index (κ1) is 9.04. The van der Waals surface area contributed by atoms with E-state index in [1.54, 1.807) is 18.3 Å². The number of carbonyl (C=O) groups is 1. The van der Waals surface area contributed by atoms with Gasteiger partial charge in [-0.25, -0.2) is 4.98 Å². The standard InChI is InChI=1S/C11H8N4O/c12-6-9-8-2-1-5-13-10(8)15(14-9)11(16)7-3-4-7/h1-2,5,7H,3-4H2. The van der Waals surface area contributed by atoms with Crippen LogP contribution in [0.5, 0.6) is 0 Å². The van der Waals surface area contributed by atoms with Crippen LogP contribution in [0.2, 0.25) is 0 Å². The van der Waals surface area contributed by atoms with E-state index in [2.05, 4.69) is 10.1 Å². The highest BCUT2D eigenvalue weighted by atomic mass is 16.2. The number of pyridine rings is 1. The predicted molar refractivity (Wildman–Crippen MR) is 55.6 cm³/mol. The highest BCUT2D eigenvalue weighted by Crippen LogP contribution is 2.31. The molecule has 3 rings (SSSR count). The number of nitrogens with zero attached hydrogens (tertiary/aromatic N) is 4. The van der Waals surface area contributed by atoms with Crippen LogP contribution >= 0.6 is 0 Å². The molecule has 0 aliphatic heterocycles. The van der Waals surface area contributed by atoms with Crippen molar-refractivity contribution in [1.29, 1.82) is 5.26 Å². The number of hydrogen-bond acceptors (Lipinski definition) is 4. The topological polar surface area (TPSA) is 71.6 Å². The minimum absolute atomic E-state index is 0.0507. The highest BCUT2D eigenvalue weighted by molar-refractivity contribution is 5.93. The van der Waals surface area contributed by atoms with E-state index in [1.807, 2.05) is 6.07 Å². The molecule has 5 heteroatoms. The van der Waals surface area contributed by atoms with Gasteiger partial charge in [0.05, 0.1) is 5.39 Å². The Hall–Kier alpha value is -2.22. The molecule has 0 radical (unpaired) electrons. The SMILES string of the molecule is N#Cc1nn(C(=O)C2CC2)c2ncccc12. The normalized spacial score (nSPS) is 14.9. The van der Waals surface area contributed by atoms with Gasteiger partial charge < -0.3 is 0 Å². The molecule has 1 fully saturated rings. The largest absolute Gasteiger partial charge is 0.272 e. The molecule has 16 heavy (non-hydrogen) atoms. The Morgan fingerprint density at radius 3 is 3.06 bits per heavy atom. The highest BCUT2D eigenvalue weighted by Gasteiger charge is 2.33. The average Bonchev–Trinajstić information content (AvgIpc) is 3.09. The van der Waals surface area contributed by atoms with E-state index in [0.29, 0.717) is 11.0 Å². The maximum atomic E-state index is 11.9. The van der Waals surface area contributed by atoms with E-state index < -0.39 is 0 Å². The predicted octanol–water partition coefficient (Wildman–Crippen LogP) is 1.35. The van der Waals surface area contributed by atoms with Crippen molar-refractivity contribution in [3.05, 3.63) is 24.0 Å². The average molecular weight is 212 g/mol. The molecule has 0 bridgehead atoms. The van der Waals surface area contributed by atoms with Crippen molar-refractivity contribution in [2.45, 2.75) is 12.8 Å². The molecular formula is C11H8N4O. The van der Waals surface area contributed by atoms with Gasteiger partial charge in [-0.05, 0) is 25.0 Å². The molecule has 0 amide bonds. The van der Waals surface area contributed by atoms with Crippen LogP contribution in [0.25, 0.3) is 11.0 Å². The van der Waals surface area contributed by atoms with Crippen molar-refractivity contribution < 1.29 is 4.79 Å². The van der Waals surface area contributed by atoms with Crippen LogP contribution < -0.4 is 0 Å². The summed E-state index contributed by atoms with van der Waals surface area (Å²) in [6, 6.07) is 5.47. The quantitative estimate of drug-likeness (QED) is 0.715. The van der Waals surface area contributed by atoms with Crippen LogP contribution in [0, 0.1) is 17.2 Å². The lowest BCUT2D eigenvalue weighted by Crippen LogP contribution is -2.14. The van der Waals surface area contributed by atoms with Crippen LogP contribution in [0.3, 0.4) is 0 Å². The first-order valence-corrected chi connectivity index (χ1v) is 5.09. The molecule has 5 nitrogen and oxygen atoms in total. The zero-order valence-electron chi connectivity index (χ0n) is 8.42. The molecule has 0 atom stereocenters. The second kappa shape index (κ2) is 3.14. The third-order valence-electron chi connectivity index (χ3n) is 2.68. The fourth-order valence-electron chi connectivity index (χ4n) is 1.69. The number of carbonyl (C=O) groups excluding carboxylic acids is 1. The maximum absolute atomic E-state index is 11.9. The van der Waals surface area contributed by atoms with Gasteiger partial charge >= 0.3 is 0 Å². The van der Waals surface area contributed by atoms with E-state index in [1.165, 1.54) is 4.68 Å². The second-order valence-corrected chi connectivity index (χ2v) is 3.86. The molecule has 2 heterocycles. The fraction of sp³-hybridized carbons (Fsp3) is 0.273. The summed E-state index contributed by atoms with van der Waals surface area (Å²) in [5.41, 5.74) is 0.744. The lowest BCUT2D eigenvalue weighted by molar-refractivity contribution is 0.0875. The molecule has 1 aliphatic rings. The maximum Gasteiger partial charge on any atom is 0.251 e. The third kappa shape index (κ3) is 1.20. The van der Waals surface area contributed by atoms with Gasteiger partial charge in [-0.2, -0.15) is 15.0 Å². The summed E-state index contributed by atoms with van der Waals surface area (Å²) in [7, 11) is 0. The molecule has 0 aromatic carbocycles. The number of hydrogen-bond donors (Lipinski definition) is 0. The van der Waals surface area contributed by atoms with Crippen molar-refractivity contribution in [3.63, 3.8) is 0 Å². The molecule has 0 spiro atoms. The zero-order valence-corrected chi connectivity index (χ0v) is 8.42. The fourth-order valence-corrected chi connectivity index (χ4v) is 1.69. The third-order valence-corrected chi connectivity index (χ3v) is 2.68. The van der Waals surface area contributed by atoms with E-state index >= 15 is 0 Å². The minimum atomic E-state index is -0.0507. The van der Waals surface area contributed by atoms with Crippen molar-refractivity contribution in [2.75, 3.05) is 0 Å². The Balaban J connectivity index is 2.25. The van der Waals surface area contributed by atoms with Gasteiger partial charge in [0.2, 0.25) is 0 Å². The Bertz CT molecular complexity index is 618.